The smallest absolute Gasteiger partial charge is 0.238 e. The zero-order valence-electron chi connectivity index (χ0n) is 8.42. The first-order chi connectivity index (χ1) is 7.56. The second-order valence-electron chi connectivity index (χ2n) is 3.30. The van der Waals surface area contributed by atoms with Crippen molar-refractivity contribution < 1.29 is 4.74 Å². The molecule has 84 valence electrons. The van der Waals surface area contributed by atoms with E-state index >= 15 is 0 Å². The van der Waals surface area contributed by atoms with Gasteiger partial charge >= 0.3 is 0 Å². The lowest BCUT2D eigenvalue weighted by Gasteiger charge is -2.07. The van der Waals surface area contributed by atoms with Crippen molar-refractivity contribution in [3.05, 3.63) is 33.9 Å². The molecular formula is C10H9Cl2N3O. The predicted octanol–water partition coefficient (Wildman–Crippen LogP) is 3.40. The van der Waals surface area contributed by atoms with E-state index in [9.17, 15) is 0 Å². The van der Waals surface area contributed by atoms with Crippen molar-refractivity contribution in [1.29, 1.82) is 0 Å². The van der Waals surface area contributed by atoms with Crippen LogP contribution in [0.4, 0.5) is 5.69 Å². The number of nitrogens with two attached hydrogens (primary N) is 1. The van der Waals surface area contributed by atoms with E-state index in [-0.39, 0.29) is 0 Å². The van der Waals surface area contributed by atoms with Crippen molar-refractivity contribution in [1.82, 2.24) is 10.2 Å². The Balaban J connectivity index is 2.34. The average molecular weight is 258 g/mol. The number of aromatic nitrogens is 2. The summed E-state index contributed by atoms with van der Waals surface area (Å²) in [5.41, 5.74) is 6.95. The summed E-state index contributed by atoms with van der Waals surface area (Å²) in [6, 6.07) is 4.88. The lowest BCUT2D eigenvalue weighted by molar-refractivity contribution is 0.462. The number of ether oxygens (including phenoxy) is 1. The van der Waals surface area contributed by atoms with Gasteiger partial charge in [-0.15, -0.1) is 5.10 Å². The molecule has 0 bridgehead atoms. The number of nitrogens with one attached hydrogen (secondary N) is 1. The van der Waals surface area contributed by atoms with E-state index in [1.165, 1.54) is 0 Å². The number of hydrogen-bond acceptors (Lipinski definition) is 3. The van der Waals surface area contributed by atoms with Gasteiger partial charge in [-0.2, -0.15) is 0 Å². The van der Waals surface area contributed by atoms with E-state index in [2.05, 4.69) is 10.2 Å². The molecule has 0 atom stereocenters. The van der Waals surface area contributed by atoms with Crippen LogP contribution in [0.3, 0.4) is 0 Å². The Hall–Kier alpha value is -1.39. The lowest BCUT2D eigenvalue weighted by atomic mass is 10.3. The van der Waals surface area contributed by atoms with Crippen LogP contribution >= 0.6 is 23.2 Å². The molecule has 2 rings (SSSR count). The highest BCUT2D eigenvalue weighted by molar-refractivity contribution is 6.37. The van der Waals surface area contributed by atoms with Crippen molar-refractivity contribution in [2.45, 2.75) is 6.92 Å². The Morgan fingerprint density at radius 3 is 2.38 bits per heavy atom. The fourth-order valence-corrected chi connectivity index (χ4v) is 1.81. The highest BCUT2D eigenvalue weighted by Crippen LogP contribution is 2.37. The van der Waals surface area contributed by atoms with Crippen LogP contribution in [0.15, 0.2) is 18.2 Å². The molecule has 6 heteroatoms. The van der Waals surface area contributed by atoms with Gasteiger partial charge in [0, 0.05) is 17.4 Å². The monoisotopic (exact) mass is 257 g/mol. The summed E-state index contributed by atoms with van der Waals surface area (Å²) in [5, 5.41) is 7.38. The minimum atomic E-state index is 0.351. The van der Waals surface area contributed by atoms with Crippen LogP contribution in [-0.4, -0.2) is 10.2 Å². The molecule has 1 aromatic heterocycles. The minimum Gasteiger partial charge on any atom is -0.434 e. The molecule has 0 amide bonds. The van der Waals surface area contributed by atoms with Gasteiger partial charge in [0.25, 0.3) is 0 Å². The molecule has 1 aromatic carbocycles. The molecule has 2 aromatic rings. The highest BCUT2D eigenvalue weighted by atomic mass is 35.5. The maximum absolute atomic E-state index is 5.96. The molecule has 4 nitrogen and oxygen atoms in total. The van der Waals surface area contributed by atoms with Crippen molar-refractivity contribution in [2.24, 2.45) is 0 Å². The molecule has 0 saturated heterocycles. The van der Waals surface area contributed by atoms with Gasteiger partial charge in [0.2, 0.25) is 5.88 Å². The first-order valence-corrected chi connectivity index (χ1v) is 5.26. The van der Waals surface area contributed by atoms with Crippen molar-refractivity contribution in [3.8, 4) is 11.6 Å². The van der Waals surface area contributed by atoms with Gasteiger partial charge in [-0.05, 0) is 19.1 Å². The second-order valence-corrected chi connectivity index (χ2v) is 4.12. The first-order valence-electron chi connectivity index (χ1n) is 4.50. The molecule has 0 saturated carbocycles. The van der Waals surface area contributed by atoms with Crippen molar-refractivity contribution in [3.63, 3.8) is 0 Å². The van der Waals surface area contributed by atoms with Gasteiger partial charge in [-0.1, -0.05) is 23.2 Å². The Bertz CT molecular complexity index is 502. The number of halogens is 2. The summed E-state index contributed by atoms with van der Waals surface area (Å²) in [6.45, 7) is 1.87. The fourth-order valence-electron chi connectivity index (χ4n) is 1.23. The van der Waals surface area contributed by atoms with Gasteiger partial charge in [-0.25, -0.2) is 0 Å². The summed E-state index contributed by atoms with van der Waals surface area (Å²) in [4.78, 5) is 0. The number of nitrogen functional groups attached to an aromatic ring is 1. The molecule has 0 aliphatic rings. The number of aromatic amines is 1. The first kappa shape index (κ1) is 11.1. The second kappa shape index (κ2) is 4.23. The van der Waals surface area contributed by atoms with Gasteiger partial charge in [0.15, 0.2) is 5.75 Å². The Kier molecular flexibility index (Phi) is 2.94. The maximum atomic E-state index is 5.96. The Morgan fingerprint density at radius 1 is 1.25 bits per heavy atom. The Morgan fingerprint density at radius 2 is 1.88 bits per heavy atom. The number of benzene rings is 1. The number of H-pyrrole nitrogens is 1. The molecule has 0 fully saturated rings. The number of nitrogens with zero attached hydrogens (tertiary/aromatic N) is 1. The summed E-state index contributed by atoms with van der Waals surface area (Å²) in [6.07, 6.45) is 0. The van der Waals surface area contributed by atoms with Crippen LogP contribution in [0.5, 0.6) is 11.6 Å². The zero-order chi connectivity index (χ0) is 11.7. The summed E-state index contributed by atoms with van der Waals surface area (Å²) < 4.78 is 5.45. The predicted molar refractivity (Wildman–Crippen MR) is 64.3 cm³/mol. The standard InChI is InChI=1S/C10H9Cl2N3O/c1-5-2-9(15-14-5)16-10-7(11)3-6(13)4-8(10)12/h2-4H,13H2,1H3,(H,14,15). The SMILES string of the molecule is Cc1cc(Oc2c(Cl)cc(N)cc2Cl)n[nH]1. The van der Waals surface area contributed by atoms with Gasteiger partial charge in [0.05, 0.1) is 10.0 Å². The molecule has 3 N–H and O–H groups in total. The number of anilines is 1. The summed E-state index contributed by atoms with van der Waals surface area (Å²) >= 11 is 11.9. The number of aryl methyl sites for hydroxylation is 1. The van der Waals surface area contributed by atoms with Crippen LogP contribution < -0.4 is 10.5 Å². The van der Waals surface area contributed by atoms with Crippen LogP contribution in [0, 0.1) is 6.92 Å². The molecule has 0 unspecified atom stereocenters. The van der Waals surface area contributed by atoms with E-state index in [0.29, 0.717) is 27.4 Å². The minimum absolute atomic E-state index is 0.351. The molecule has 1 heterocycles. The van der Waals surface area contributed by atoms with E-state index in [4.69, 9.17) is 33.7 Å². The third kappa shape index (κ3) is 2.23. The molecule has 0 spiro atoms. The third-order valence-electron chi connectivity index (χ3n) is 1.91. The van der Waals surface area contributed by atoms with Crippen LogP contribution in [0.25, 0.3) is 0 Å². The summed E-state index contributed by atoms with van der Waals surface area (Å²) in [7, 11) is 0. The molecular weight excluding hydrogens is 249 g/mol. The van der Waals surface area contributed by atoms with E-state index in [1.807, 2.05) is 6.92 Å². The molecule has 16 heavy (non-hydrogen) atoms. The van der Waals surface area contributed by atoms with Gasteiger partial charge in [0.1, 0.15) is 0 Å². The fraction of sp³-hybridized carbons (Fsp3) is 0.100. The van der Waals surface area contributed by atoms with Gasteiger partial charge < -0.3 is 10.5 Å². The lowest BCUT2D eigenvalue weighted by Crippen LogP contribution is -1.90. The number of rotatable bonds is 2. The Labute approximate surface area is 102 Å². The van der Waals surface area contributed by atoms with Crippen LogP contribution in [0.1, 0.15) is 5.69 Å². The highest BCUT2D eigenvalue weighted by Gasteiger charge is 2.11. The molecule has 0 radical (unpaired) electrons. The topological polar surface area (TPSA) is 63.9 Å². The third-order valence-corrected chi connectivity index (χ3v) is 2.47. The summed E-state index contributed by atoms with van der Waals surface area (Å²) in [5.74, 6) is 0.759. The van der Waals surface area contributed by atoms with Crippen LogP contribution in [-0.2, 0) is 0 Å². The van der Waals surface area contributed by atoms with E-state index in [1.54, 1.807) is 18.2 Å². The van der Waals surface area contributed by atoms with Gasteiger partial charge in [-0.3, -0.25) is 5.10 Å². The van der Waals surface area contributed by atoms with Crippen molar-refractivity contribution in [2.75, 3.05) is 5.73 Å². The largest absolute Gasteiger partial charge is 0.434 e. The molecule has 0 aliphatic carbocycles. The zero-order valence-corrected chi connectivity index (χ0v) is 9.93. The maximum Gasteiger partial charge on any atom is 0.238 e. The van der Waals surface area contributed by atoms with E-state index < -0.39 is 0 Å². The van der Waals surface area contributed by atoms with Crippen molar-refractivity contribution >= 4 is 28.9 Å². The quantitative estimate of drug-likeness (QED) is 0.811. The normalized spacial score (nSPS) is 10.4. The number of hydrogen-bond donors (Lipinski definition) is 2. The molecule has 0 aliphatic heterocycles. The van der Waals surface area contributed by atoms with E-state index in [0.717, 1.165) is 5.69 Å². The average Bonchev–Trinajstić information content (AvgIpc) is 2.58. The van der Waals surface area contributed by atoms with Crippen LogP contribution in [0.2, 0.25) is 10.0 Å².